The fraction of sp³-hybridized carbons (Fsp3) is 0.200. The number of nitrogens with zero attached hydrogens (tertiary/aromatic N) is 1. The number of benzene rings is 3. The van der Waals surface area contributed by atoms with E-state index in [4.69, 9.17) is 11.6 Å². The summed E-state index contributed by atoms with van der Waals surface area (Å²) in [4.78, 5) is 27.6. The van der Waals surface area contributed by atoms with Crippen molar-refractivity contribution >= 4 is 23.4 Å². The Morgan fingerprint density at radius 2 is 1.52 bits per heavy atom. The van der Waals surface area contributed by atoms with Crippen LogP contribution in [0.5, 0.6) is 0 Å². The van der Waals surface area contributed by atoms with E-state index in [1.807, 2.05) is 60.7 Å². The number of amides is 2. The molecule has 2 N–H and O–H groups in total. The van der Waals surface area contributed by atoms with E-state index in [0.29, 0.717) is 17.1 Å². The van der Waals surface area contributed by atoms with Gasteiger partial charge in [0.25, 0.3) is 5.91 Å². The summed E-state index contributed by atoms with van der Waals surface area (Å²) < 4.78 is 0. The quantitative estimate of drug-likeness (QED) is 0.527. The van der Waals surface area contributed by atoms with E-state index in [1.165, 1.54) is 0 Å². The van der Waals surface area contributed by atoms with Crippen molar-refractivity contribution < 1.29 is 14.7 Å². The third-order valence-corrected chi connectivity index (χ3v) is 5.27. The van der Waals surface area contributed by atoms with Crippen molar-refractivity contribution in [1.29, 1.82) is 0 Å². The summed E-state index contributed by atoms with van der Waals surface area (Å²) in [5.74, 6) is -0.504. The Labute approximate surface area is 187 Å². The smallest absolute Gasteiger partial charge is 0.253 e. The first-order valence-corrected chi connectivity index (χ1v) is 10.5. The van der Waals surface area contributed by atoms with Crippen LogP contribution in [0, 0.1) is 0 Å². The Morgan fingerprint density at radius 1 is 0.903 bits per heavy atom. The predicted molar refractivity (Wildman–Crippen MR) is 122 cm³/mol. The van der Waals surface area contributed by atoms with E-state index in [1.54, 1.807) is 29.2 Å². The average Bonchev–Trinajstić information content (AvgIpc) is 2.80. The van der Waals surface area contributed by atoms with E-state index in [-0.39, 0.29) is 31.4 Å². The van der Waals surface area contributed by atoms with Gasteiger partial charge in [0.15, 0.2) is 0 Å². The van der Waals surface area contributed by atoms with E-state index in [2.05, 4.69) is 5.32 Å². The molecule has 0 bridgehead atoms. The van der Waals surface area contributed by atoms with Gasteiger partial charge in [-0.2, -0.15) is 0 Å². The van der Waals surface area contributed by atoms with Gasteiger partial charge in [0.2, 0.25) is 5.91 Å². The number of hydrogen-bond acceptors (Lipinski definition) is 3. The maximum absolute atomic E-state index is 13.1. The van der Waals surface area contributed by atoms with E-state index < -0.39 is 6.04 Å². The molecule has 0 fully saturated rings. The minimum atomic E-state index is -0.533. The molecule has 1 unspecified atom stereocenters. The van der Waals surface area contributed by atoms with Gasteiger partial charge >= 0.3 is 0 Å². The highest BCUT2D eigenvalue weighted by atomic mass is 35.5. The molecule has 3 aromatic carbocycles. The molecule has 0 radical (unpaired) electrons. The van der Waals surface area contributed by atoms with Crippen LogP contribution in [0.15, 0.2) is 84.9 Å². The molecule has 5 nitrogen and oxygen atoms in total. The van der Waals surface area contributed by atoms with Crippen molar-refractivity contribution in [1.82, 2.24) is 10.2 Å². The Morgan fingerprint density at radius 3 is 2.16 bits per heavy atom. The Kier molecular flexibility index (Phi) is 8.21. The zero-order valence-electron chi connectivity index (χ0n) is 17.1. The van der Waals surface area contributed by atoms with E-state index in [9.17, 15) is 14.7 Å². The summed E-state index contributed by atoms with van der Waals surface area (Å²) in [7, 11) is 0. The Bertz CT molecular complexity index is 996. The second-order valence-electron chi connectivity index (χ2n) is 7.15. The second-order valence-corrected chi connectivity index (χ2v) is 7.55. The molecule has 0 saturated carbocycles. The first-order chi connectivity index (χ1) is 15.1. The third kappa shape index (κ3) is 6.41. The molecule has 1 atom stereocenters. The van der Waals surface area contributed by atoms with Gasteiger partial charge in [0, 0.05) is 13.1 Å². The normalized spacial score (nSPS) is 11.5. The summed E-state index contributed by atoms with van der Waals surface area (Å²) in [5.41, 5.74) is 2.15. The molecule has 6 heteroatoms. The minimum absolute atomic E-state index is 0.0625. The van der Waals surface area contributed by atoms with Crippen molar-refractivity contribution in [2.45, 2.75) is 19.0 Å². The molecule has 160 valence electrons. The SMILES string of the molecule is O=C(NC(CC(=O)N(CCO)Cc1ccccc1)c1ccccc1)c1ccccc1Cl. The highest BCUT2D eigenvalue weighted by molar-refractivity contribution is 6.33. The molecule has 0 saturated heterocycles. The molecular weight excluding hydrogens is 412 g/mol. The van der Waals surface area contributed by atoms with Crippen molar-refractivity contribution in [3.05, 3.63) is 107 Å². The molecule has 3 rings (SSSR count). The van der Waals surface area contributed by atoms with Crippen LogP contribution in [0.2, 0.25) is 5.02 Å². The molecule has 0 aliphatic heterocycles. The lowest BCUT2D eigenvalue weighted by Crippen LogP contribution is -2.37. The van der Waals surface area contributed by atoms with Crippen LogP contribution < -0.4 is 5.32 Å². The molecule has 0 aliphatic rings. The number of rotatable bonds is 9. The first-order valence-electron chi connectivity index (χ1n) is 10.1. The van der Waals surface area contributed by atoms with Crippen LogP contribution in [0.25, 0.3) is 0 Å². The molecular formula is C25H25ClN2O3. The highest BCUT2D eigenvalue weighted by Crippen LogP contribution is 2.21. The lowest BCUT2D eigenvalue weighted by Gasteiger charge is -2.26. The molecule has 0 aromatic heterocycles. The Hall–Kier alpha value is -3.15. The van der Waals surface area contributed by atoms with Crippen LogP contribution in [-0.2, 0) is 11.3 Å². The molecule has 3 aromatic rings. The van der Waals surface area contributed by atoms with Gasteiger partial charge in [-0.15, -0.1) is 0 Å². The van der Waals surface area contributed by atoms with Crippen LogP contribution in [0.4, 0.5) is 0 Å². The molecule has 0 spiro atoms. The van der Waals surface area contributed by atoms with Crippen molar-refractivity contribution in [3.63, 3.8) is 0 Å². The largest absolute Gasteiger partial charge is 0.395 e. The van der Waals surface area contributed by atoms with Gasteiger partial charge in [0.05, 0.1) is 29.7 Å². The van der Waals surface area contributed by atoms with Gasteiger partial charge in [-0.1, -0.05) is 84.4 Å². The topological polar surface area (TPSA) is 69.6 Å². The zero-order chi connectivity index (χ0) is 22.1. The standard InChI is InChI=1S/C25H25ClN2O3/c26-22-14-8-7-13-21(22)25(31)27-23(20-11-5-2-6-12-20)17-24(30)28(15-16-29)18-19-9-3-1-4-10-19/h1-14,23,29H,15-18H2,(H,27,31). The van der Waals surface area contributed by atoms with Crippen LogP contribution in [0.3, 0.4) is 0 Å². The molecule has 31 heavy (non-hydrogen) atoms. The molecule has 0 aliphatic carbocycles. The van der Waals surface area contributed by atoms with Gasteiger partial charge in [0.1, 0.15) is 0 Å². The molecule has 2 amide bonds. The minimum Gasteiger partial charge on any atom is -0.395 e. The number of nitrogens with one attached hydrogen (secondary N) is 1. The maximum atomic E-state index is 13.1. The van der Waals surface area contributed by atoms with Gasteiger partial charge in [-0.05, 0) is 23.3 Å². The predicted octanol–water partition coefficient (Wildman–Crippen LogP) is 4.22. The van der Waals surface area contributed by atoms with Gasteiger partial charge in [-0.25, -0.2) is 0 Å². The zero-order valence-corrected chi connectivity index (χ0v) is 17.8. The Balaban J connectivity index is 1.79. The van der Waals surface area contributed by atoms with E-state index in [0.717, 1.165) is 11.1 Å². The number of aliphatic hydroxyl groups excluding tert-OH is 1. The summed E-state index contributed by atoms with van der Waals surface area (Å²) in [6.07, 6.45) is 0.0625. The number of carbonyl (C=O) groups excluding carboxylic acids is 2. The number of carbonyl (C=O) groups is 2. The first kappa shape index (κ1) is 22.5. The summed E-state index contributed by atoms with van der Waals surface area (Å²) in [5, 5.41) is 12.8. The summed E-state index contributed by atoms with van der Waals surface area (Å²) in [6, 6.07) is 25.2. The maximum Gasteiger partial charge on any atom is 0.253 e. The number of aliphatic hydroxyl groups is 1. The fourth-order valence-corrected chi connectivity index (χ4v) is 3.56. The lowest BCUT2D eigenvalue weighted by atomic mass is 10.0. The van der Waals surface area contributed by atoms with Crippen LogP contribution in [-0.4, -0.2) is 35.0 Å². The fourth-order valence-electron chi connectivity index (χ4n) is 3.34. The lowest BCUT2D eigenvalue weighted by molar-refractivity contribution is -0.132. The highest BCUT2D eigenvalue weighted by Gasteiger charge is 2.23. The molecule has 0 heterocycles. The number of hydrogen-bond donors (Lipinski definition) is 2. The number of halogens is 1. The van der Waals surface area contributed by atoms with E-state index >= 15 is 0 Å². The summed E-state index contributed by atoms with van der Waals surface area (Å²) >= 11 is 6.17. The van der Waals surface area contributed by atoms with Gasteiger partial charge < -0.3 is 15.3 Å². The van der Waals surface area contributed by atoms with Crippen molar-refractivity contribution in [3.8, 4) is 0 Å². The third-order valence-electron chi connectivity index (χ3n) is 4.94. The monoisotopic (exact) mass is 436 g/mol. The average molecular weight is 437 g/mol. The van der Waals surface area contributed by atoms with Crippen LogP contribution >= 0.6 is 11.6 Å². The van der Waals surface area contributed by atoms with Gasteiger partial charge in [-0.3, -0.25) is 9.59 Å². The van der Waals surface area contributed by atoms with Crippen LogP contribution in [0.1, 0.15) is 33.9 Å². The second kappa shape index (κ2) is 11.3. The van der Waals surface area contributed by atoms with Crippen molar-refractivity contribution in [2.24, 2.45) is 0 Å². The summed E-state index contributed by atoms with van der Waals surface area (Å²) in [6.45, 7) is 0.467. The van der Waals surface area contributed by atoms with Crippen molar-refractivity contribution in [2.75, 3.05) is 13.2 Å².